The minimum Gasteiger partial charge on any atom is -0.468 e. The lowest BCUT2D eigenvalue weighted by Crippen LogP contribution is -2.37. The lowest BCUT2D eigenvalue weighted by Gasteiger charge is -2.09. The second-order valence-electron chi connectivity index (χ2n) is 3.54. The Hall–Kier alpha value is -0.280. The molecule has 1 aliphatic carbocycles. The van der Waals surface area contributed by atoms with Crippen LogP contribution in [0.4, 0.5) is 0 Å². The van der Waals surface area contributed by atoms with Crippen LogP contribution in [-0.2, 0) is 9.53 Å². The summed E-state index contributed by atoms with van der Waals surface area (Å²) in [6.07, 6.45) is 4.57. The molecule has 0 aromatic carbocycles. The van der Waals surface area contributed by atoms with Crippen molar-refractivity contribution >= 4 is 18.4 Å². The van der Waals surface area contributed by atoms with Crippen LogP contribution in [0.2, 0.25) is 0 Å². The molecule has 1 aliphatic heterocycles. The number of methoxy groups -OCH3 is 1. The Kier molecular flexibility index (Phi) is 2.64. The molecule has 1 atom stereocenters. The van der Waals surface area contributed by atoms with Crippen LogP contribution >= 0.6 is 12.4 Å². The maximum atomic E-state index is 11.0. The first-order chi connectivity index (χ1) is 5.26. The van der Waals surface area contributed by atoms with E-state index in [1.54, 1.807) is 0 Å². The summed E-state index contributed by atoms with van der Waals surface area (Å²) in [6.45, 7) is 0. The topological polar surface area (TPSA) is 38.3 Å². The van der Waals surface area contributed by atoms with Gasteiger partial charge in [0.15, 0.2) is 0 Å². The predicted molar refractivity (Wildman–Crippen MR) is 47.4 cm³/mol. The summed E-state index contributed by atoms with van der Waals surface area (Å²) in [5.74, 6) is -0.103. The van der Waals surface area contributed by atoms with Gasteiger partial charge in [0.2, 0.25) is 0 Å². The number of carbonyl (C=O) groups is 1. The van der Waals surface area contributed by atoms with E-state index in [9.17, 15) is 4.79 Å². The highest BCUT2D eigenvalue weighted by Gasteiger charge is 2.49. The van der Waals surface area contributed by atoms with E-state index in [0.717, 1.165) is 12.8 Å². The Morgan fingerprint density at radius 1 is 1.50 bits per heavy atom. The Bertz CT molecular complexity index is 191. The van der Waals surface area contributed by atoms with Gasteiger partial charge in [0.05, 0.1) is 7.11 Å². The zero-order valence-electron chi connectivity index (χ0n) is 7.13. The Balaban J connectivity index is 0.000000720. The molecule has 0 aromatic heterocycles. The monoisotopic (exact) mass is 191 g/mol. The molecule has 0 amide bonds. The first-order valence-corrected chi connectivity index (χ1v) is 4.11. The molecule has 1 N–H and O–H groups in total. The van der Waals surface area contributed by atoms with Gasteiger partial charge in [-0.15, -0.1) is 12.4 Å². The molecule has 2 rings (SSSR count). The number of halogens is 1. The standard InChI is InChI=1S/C8H13NO2.ClH/c1-11-7(10)6-2-3-8(9-6)4-5-8;/h6,9H,2-5H2,1H3;1H. The van der Waals surface area contributed by atoms with Crippen molar-refractivity contribution in [3.8, 4) is 0 Å². The van der Waals surface area contributed by atoms with Crippen LogP contribution in [-0.4, -0.2) is 24.7 Å². The van der Waals surface area contributed by atoms with Crippen LogP contribution in [0.15, 0.2) is 0 Å². The number of carbonyl (C=O) groups excluding carboxylic acids is 1. The van der Waals surface area contributed by atoms with E-state index in [1.807, 2.05) is 0 Å². The lowest BCUT2D eigenvalue weighted by atomic mass is 10.2. The predicted octanol–water partition coefficient (Wildman–Crippen LogP) is 0.866. The molecule has 0 bridgehead atoms. The molecule has 1 saturated carbocycles. The maximum absolute atomic E-state index is 11.0. The fraction of sp³-hybridized carbons (Fsp3) is 0.875. The van der Waals surface area contributed by atoms with Crippen LogP contribution in [0.3, 0.4) is 0 Å². The van der Waals surface area contributed by atoms with Crippen LogP contribution in [0.25, 0.3) is 0 Å². The number of ether oxygens (including phenoxy) is 1. The molecule has 1 saturated heterocycles. The first kappa shape index (κ1) is 9.81. The summed E-state index contributed by atoms with van der Waals surface area (Å²) in [5, 5.41) is 3.32. The normalized spacial score (nSPS) is 29.6. The van der Waals surface area contributed by atoms with Gasteiger partial charge >= 0.3 is 5.97 Å². The van der Waals surface area contributed by atoms with Crippen molar-refractivity contribution in [3.05, 3.63) is 0 Å². The molecule has 2 aliphatic rings. The van der Waals surface area contributed by atoms with Crippen LogP contribution in [0.1, 0.15) is 25.7 Å². The van der Waals surface area contributed by atoms with Crippen molar-refractivity contribution in [1.29, 1.82) is 0 Å². The second kappa shape index (κ2) is 3.23. The third kappa shape index (κ3) is 1.57. The molecule has 12 heavy (non-hydrogen) atoms. The number of esters is 1. The van der Waals surface area contributed by atoms with Crippen molar-refractivity contribution in [1.82, 2.24) is 5.32 Å². The maximum Gasteiger partial charge on any atom is 0.322 e. The fourth-order valence-corrected chi connectivity index (χ4v) is 1.80. The molecule has 0 radical (unpaired) electrons. The molecule has 1 unspecified atom stereocenters. The van der Waals surface area contributed by atoms with Gasteiger partial charge < -0.3 is 4.74 Å². The van der Waals surface area contributed by atoms with E-state index in [-0.39, 0.29) is 24.4 Å². The summed E-state index contributed by atoms with van der Waals surface area (Å²) < 4.78 is 4.65. The highest BCUT2D eigenvalue weighted by molar-refractivity contribution is 5.85. The molecule has 4 heteroatoms. The quantitative estimate of drug-likeness (QED) is 0.625. The zero-order chi connectivity index (χ0) is 7.90. The number of hydrogen-bond donors (Lipinski definition) is 1. The Morgan fingerprint density at radius 2 is 2.17 bits per heavy atom. The Morgan fingerprint density at radius 3 is 2.58 bits per heavy atom. The van der Waals surface area contributed by atoms with Crippen molar-refractivity contribution in [2.75, 3.05) is 7.11 Å². The molecule has 1 spiro atoms. The smallest absolute Gasteiger partial charge is 0.322 e. The van der Waals surface area contributed by atoms with Gasteiger partial charge in [-0.25, -0.2) is 0 Å². The number of rotatable bonds is 1. The van der Waals surface area contributed by atoms with Gasteiger partial charge in [-0.3, -0.25) is 10.1 Å². The fourth-order valence-electron chi connectivity index (χ4n) is 1.80. The van der Waals surface area contributed by atoms with Crippen molar-refractivity contribution in [3.63, 3.8) is 0 Å². The van der Waals surface area contributed by atoms with Gasteiger partial charge in [0, 0.05) is 5.54 Å². The number of hydrogen-bond acceptors (Lipinski definition) is 3. The molecular formula is C8H14ClNO2. The molecule has 1 heterocycles. The van der Waals surface area contributed by atoms with Crippen molar-refractivity contribution in [2.24, 2.45) is 0 Å². The van der Waals surface area contributed by atoms with Crippen LogP contribution < -0.4 is 5.32 Å². The number of nitrogens with one attached hydrogen (secondary N) is 1. The zero-order valence-corrected chi connectivity index (χ0v) is 7.95. The van der Waals surface area contributed by atoms with Gasteiger partial charge in [-0.1, -0.05) is 0 Å². The third-order valence-electron chi connectivity index (χ3n) is 2.73. The third-order valence-corrected chi connectivity index (χ3v) is 2.73. The molecule has 0 aromatic rings. The van der Waals surface area contributed by atoms with Gasteiger partial charge in [-0.05, 0) is 25.7 Å². The lowest BCUT2D eigenvalue weighted by molar-refractivity contribution is -0.142. The molecule has 3 nitrogen and oxygen atoms in total. The van der Waals surface area contributed by atoms with E-state index in [0.29, 0.717) is 5.54 Å². The summed E-state index contributed by atoms with van der Waals surface area (Å²) in [5.41, 5.74) is 0.346. The van der Waals surface area contributed by atoms with Gasteiger partial charge in [0.25, 0.3) is 0 Å². The van der Waals surface area contributed by atoms with Crippen molar-refractivity contribution in [2.45, 2.75) is 37.3 Å². The highest BCUT2D eigenvalue weighted by Crippen LogP contribution is 2.44. The van der Waals surface area contributed by atoms with E-state index in [2.05, 4.69) is 10.1 Å². The van der Waals surface area contributed by atoms with E-state index < -0.39 is 0 Å². The minimum atomic E-state index is -0.103. The summed E-state index contributed by atoms with van der Waals surface area (Å²) in [4.78, 5) is 11.0. The largest absolute Gasteiger partial charge is 0.468 e. The van der Waals surface area contributed by atoms with Crippen molar-refractivity contribution < 1.29 is 9.53 Å². The van der Waals surface area contributed by atoms with E-state index in [4.69, 9.17) is 0 Å². The molecule has 2 fully saturated rings. The summed E-state index contributed by atoms with van der Waals surface area (Å²) >= 11 is 0. The Labute approximate surface area is 78.3 Å². The minimum absolute atomic E-state index is 0. The molecular weight excluding hydrogens is 178 g/mol. The first-order valence-electron chi connectivity index (χ1n) is 4.11. The highest BCUT2D eigenvalue weighted by atomic mass is 35.5. The average molecular weight is 192 g/mol. The summed E-state index contributed by atoms with van der Waals surface area (Å²) in [6, 6.07) is -0.0255. The van der Waals surface area contributed by atoms with Crippen LogP contribution in [0, 0.1) is 0 Å². The van der Waals surface area contributed by atoms with E-state index in [1.165, 1.54) is 20.0 Å². The second-order valence-corrected chi connectivity index (χ2v) is 3.54. The van der Waals surface area contributed by atoms with Gasteiger partial charge in [0.1, 0.15) is 6.04 Å². The van der Waals surface area contributed by atoms with Crippen LogP contribution in [0.5, 0.6) is 0 Å². The summed E-state index contributed by atoms with van der Waals surface area (Å²) in [7, 11) is 1.45. The van der Waals surface area contributed by atoms with E-state index >= 15 is 0 Å². The van der Waals surface area contributed by atoms with Gasteiger partial charge in [-0.2, -0.15) is 0 Å². The SMILES string of the molecule is COC(=O)C1CCC2(CC2)N1.Cl. The molecule has 70 valence electrons. The average Bonchev–Trinajstić information content (AvgIpc) is 2.61.